The predicted octanol–water partition coefficient (Wildman–Crippen LogP) is 4.94. The molecule has 0 aromatic rings. The maximum Gasteiger partial charge on any atom is 0.389 e. The van der Waals surface area contributed by atoms with Crippen molar-refractivity contribution in [1.82, 2.24) is 4.90 Å². The molecule has 0 aromatic carbocycles. The van der Waals surface area contributed by atoms with E-state index >= 15 is 0 Å². The predicted molar refractivity (Wildman–Crippen MR) is 94.4 cm³/mol. The smallest absolute Gasteiger partial charge is 0.300 e. The molecule has 0 saturated carbocycles. The molecule has 0 bridgehead atoms. The summed E-state index contributed by atoms with van der Waals surface area (Å²) in [4.78, 5) is 2.65. The Hall–Kier alpha value is 0.460. The first-order chi connectivity index (χ1) is 10.4. The number of piperidine rings is 2. The molecule has 2 heterocycles. The van der Waals surface area contributed by atoms with Crippen LogP contribution in [0.5, 0.6) is 0 Å². The van der Waals surface area contributed by atoms with E-state index < -0.39 is 6.80 Å². The maximum atomic E-state index is 12.9. The van der Waals surface area contributed by atoms with Crippen molar-refractivity contribution in [2.24, 2.45) is 5.92 Å². The summed E-state index contributed by atoms with van der Waals surface area (Å²) in [7, 11) is 0. The Balaban J connectivity index is 1.94. The van der Waals surface area contributed by atoms with Crippen molar-refractivity contribution in [3.8, 4) is 0 Å². The summed E-state index contributed by atoms with van der Waals surface area (Å²) in [5, 5.41) is 0. The number of nitrogens with zero attached hydrogens (tertiary/aromatic N) is 1. The maximum absolute atomic E-state index is 12.9. The summed E-state index contributed by atoms with van der Waals surface area (Å²) in [6.45, 7) is 7.11. The molecule has 0 radical (unpaired) electrons. The Bertz CT molecular complexity index is 376. The fraction of sp³-hybridized carbons (Fsp3) is 1.00. The molecule has 2 aliphatic heterocycles. The van der Waals surface area contributed by atoms with Gasteiger partial charge < -0.3 is 4.90 Å². The highest BCUT2D eigenvalue weighted by Gasteiger charge is 2.36. The van der Waals surface area contributed by atoms with Crippen molar-refractivity contribution in [3.05, 3.63) is 0 Å². The van der Waals surface area contributed by atoms with E-state index in [1.165, 1.54) is 56.6 Å². The van der Waals surface area contributed by atoms with Crippen LogP contribution in [0.15, 0.2) is 0 Å². The lowest BCUT2D eigenvalue weighted by atomic mass is 9.85. The molecule has 0 N–H and O–H groups in total. The van der Waals surface area contributed by atoms with Gasteiger partial charge in [-0.3, -0.25) is 9.05 Å². The van der Waals surface area contributed by atoms with Crippen LogP contribution in [0.25, 0.3) is 0 Å². The molecule has 2 aliphatic rings. The first-order valence-electron chi connectivity index (χ1n) is 8.75. The van der Waals surface area contributed by atoms with Gasteiger partial charge >= 0.3 is 6.80 Å². The fourth-order valence-corrected chi connectivity index (χ4v) is 8.05. The lowest BCUT2D eigenvalue weighted by Crippen LogP contribution is -2.48. The van der Waals surface area contributed by atoms with Crippen LogP contribution in [0.4, 0.5) is 0 Å². The van der Waals surface area contributed by atoms with Crippen LogP contribution in [0, 0.1) is 5.92 Å². The first kappa shape index (κ1) is 18.8. The average Bonchev–Trinajstić information content (AvgIpc) is 2.43. The molecule has 130 valence electrons. The zero-order valence-electron chi connectivity index (χ0n) is 14.5. The molecule has 2 fully saturated rings. The molecular formula is C16H32NO3PS. The van der Waals surface area contributed by atoms with E-state index in [-0.39, 0.29) is 12.2 Å². The second-order valence-corrected chi connectivity index (χ2v) is 11.1. The van der Waals surface area contributed by atoms with E-state index in [9.17, 15) is 4.57 Å². The molecule has 0 aromatic heterocycles. The molecule has 22 heavy (non-hydrogen) atoms. The summed E-state index contributed by atoms with van der Waals surface area (Å²) >= 11 is 1.43. The van der Waals surface area contributed by atoms with Gasteiger partial charge in [-0.25, -0.2) is 4.57 Å². The zero-order valence-corrected chi connectivity index (χ0v) is 16.2. The molecule has 4 nitrogen and oxygen atoms in total. The van der Waals surface area contributed by atoms with Crippen LogP contribution >= 0.6 is 18.2 Å². The number of hydrogen-bond acceptors (Lipinski definition) is 5. The van der Waals surface area contributed by atoms with Gasteiger partial charge in [0.05, 0.1) is 12.2 Å². The Kier molecular flexibility index (Phi) is 7.28. The van der Waals surface area contributed by atoms with E-state index in [1.807, 2.05) is 27.7 Å². The Morgan fingerprint density at radius 3 is 2.32 bits per heavy atom. The zero-order chi connectivity index (χ0) is 16.2. The van der Waals surface area contributed by atoms with Crippen LogP contribution < -0.4 is 0 Å². The minimum Gasteiger partial charge on any atom is -0.300 e. The molecule has 2 atom stereocenters. The average molecular weight is 349 g/mol. The van der Waals surface area contributed by atoms with Gasteiger partial charge in [-0.1, -0.05) is 6.42 Å². The van der Waals surface area contributed by atoms with E-state index in [4.69, 9.17) is 9.05 Å². The number of fused-ring (bicyclic) bond motifs is 1. The van der Waals surface area contributed by atoms with Crippen molar-refractivity contribution in [2.45, 2.75) is 78.0 Å². The minimum atomic E-state index is -3.05. The fourth-order valence-electron chi connectivity index (χ4n) is 3.56. The third-order valence-corrected chi connectivity index (χ3v) is 8.52. The summed E-state index contributed by atoms with van der Waals surface area (Å²) < 4.78 is 24.3. The van der Waals surface area contributed by atoms with Gasteiger partial charge in [-0.2, -0.15) is 0 Å². The summed E-state index contributed by atoms with van der Waals surface area (Å²) in [5.41, 5.74) is 0. The van der Waals surface area contributed by atoms with Gasteiger partial charge in [0.2, 0.25) is 0 Å². The second kappa shape index (κ2) is 8.53. The molecular weight excluding hydrogens is 317 g/mol. The van der Waals surface area contributed by atoms with Crippen LogP contribution in [-0.4, -0.2) is 42.0 Å². The summed E-state index contributed by atoms with van der Waals surface area (Å²) in [6, 6.07) is 0.682. The third-order valence-electron chi connectivity index (χ3n) is 4.36. The molecule has 6 heteroatoms. The van der Waals surface area contributed by atoms with Gasteiger partial charge in [0.25, 0.3) is 0 Å². The topological polar surface area (TPSA) is 38.8 Å². The van der Waals surface area contributed by atoms with Gasteiger partial charge in [-0.15, -0.1) is 0 Å². The van der Waals surface area contributed by atoms with Crippen LogP contribution in [0.3, 0.4) is 0 Å². The lowest BCUT2D eigenvalue weighted by molar-refractivity contribution is 0.0693. The van der Waals surface area contributed by atoms with Crippen molar-refractivity contribution >= 4 is 18.2 Å². The highest BCUT2D eigenvalue weighted by atomic mass is 32.7. The summed E-state index contributed by atoms with van der Waals surface area (Å²) in [6.07, 6.45) is 6.34. The SMILES string of the molecule is CC(C)OP(=O)(OC(C)C)SC[C@H]1CCCN2CCCC[C@H]12. The minimum absolute atomic E-state index is 0.0744. The number of hydrogen-bond donors (Lipinski definition) is 0. The van der Waals surface area contributed by atoms with Crippen LogP contribution in [-0.2, 0) is 13.6 Å². The van der Waals surface area contributed by atoms with Crippen molar-refractivity contribution in [2.75, 3.05) is 18.8 Å². The molecule has 0 unspecified atom stereocenters. The van der Waals surface area contributed by atoms with Crippen molar-refractivity contribution in [1.29, 1.82) is 0 Å². The number of rotatable bonds is 7. The Morgan fingerprint density at radius 2 is 1.68 bits per heavy atom. The lowest BCUT2D eigenvalue weighted by Gasteiger charge is -2.44. The van der Waals surface area contributed by atoms with Gasteiger partial charge in [0, 0.05) is 11.8 Å². The molecule has 0 spiro atoms. The highest BCUT2D eigenvalue weighted by Crippen LogP contribution is 2.63. The van der Waals surface area contributed by atoms with Crippen molar-refractivity contribution < 1.29 is 13.6 Å². The monoisotopic (exact) mass is 349 g/mol. The largest absolute Gasteiger partial charge is 0.389 e. The first-order valence-corrected chi connectivity index (χ1v) is 11.9. The van der Waals surface area contributed by atoms with E-state index in [0.29, 0.717) is 12.0 Å². The molecule has 2 saturated heterocycles. The molecule has 0 aliphatic carbocycles. The van der Waals surface area contributed by atoms with Gasteiger partial charge in [-0.05, 0) is 83.8 Å². The second-order valence-electron chi connectivity index (χ2n) is 7.05. The Morgan fingerprint density at radius 1 is 1.05 bits per heavy atom. The van der Waals surface area contributed by atoms with E-state index in [2.05, 4.69) is 4.90 Å². The molecule has 0 amide bonds. The third kappa shape index (κ3) is 5.52. The van der Waals surface area contributed by atoms with E-state index in [0.717, 1.165) is 5.75 Å². The van der Waals surface area contributed by atoms with Crippen LogP contribution in [0.1, 0.15) is 59.8 Å². The van der Waals surface area contributed by atoms with Crippen LogP contribution in [0.2, 0.25) is 0 Å². The van der Waals surface area contributed by atoms with Gasteiger partial charge in [0.1, 0.15) is 0 Å². The standard InChI is InChI=1S/C16H32NO3PS/c1-13(2)19-21(18,20-14(3)4)22-12-15-8-7-11-17-10-6-5-9-16(15)17/h13-16H,5-12H2,1-4H3/t15-,16-/m1/s1. The molecule has 2 rings (SSSR count). The van der Waals surface area contributed by atoms with E-state index in [1.54, 1.807) is 0 Å². The van der Waals surface area contributed by atoms with Gasteiger partial charge in [0.15, 0.2) is 0 Å². The normalized spacial score (nSPS) is 27.4. The highest BCUT2D eigenvalue weighted by molar-refractivity contribution is 8.55. The Labute approximate surface area is 140 Å². The van der Waals surface area contributed by atoms with Crippen molar-refractivity contribution in [3.63, 3.8) is 0 Å². The summed E-state index contributed by atoms with van der Waals surface area (Å²) in [5.74, 6) is 1.51. The quantitative estimate of drug-likeness (QED) is 0.609.